The summed E-state index contributed by atoms with van der Waals surface area (Å²) in [4.78, 5) is 11.8. The van der Waals surface area contributed by atoms with Crippen LogP contribution in [0.1, 0.15) is 6.42 Å². The quantitative estimate of drug-likeness (QED) is 0.501. The van der Waals surface area contributed by atoms with E-state index in [0.717, 1.165) is 19.5 Å². The second-order valence-corrected chi connectivity index (χ2v) is 2.37. The predicted octanol–water partition coefficient (Wildman–Crippen LogP) is -0.0403. The first-order chi connectivity index (χ1) is 4.80. The van der Waals surface area contributed by atoms with Crippen molar-refractivity contribution in [1.82, 2.24) is 10.2 Å². The van der Waals surface area contributed by atoms with Crippen LogP contribution in [0, 0.1) is 0 Å². The molecule has 1 aliphatic rings. The van der Waals surface area contributed by atoms with Gasteiger partial charge in [0.15, 0.2) is 0 Å². The maximum atomic E-state index is 10.4. The van der Waals surface area contributed by atoms with Gasteiger partial charge in [0.05, 0.1) is 0 Å². The molecule has 2 N–H and O–H groups in total. The van der Waals surface area contributed by atoms with Crippen LogP contribution in [-0.2, 0) is 0 Å². The molecule has 10 heavy (non-hydrogen) atoms. The fraction of sp³-hybridized carbons (Fsp3) is 0.833. The Kier molecular flexibility index (Phi) is 2.50. The Morgan fingerprint density at radius 2 is 2.20 bits per heavy atom. The molecule has 0 aromatic carbocycles. The van der Waals surface area contributed by atoms with E-state index < -0.39 is 6.09 Å². The van der Waals surface area contributed by atoms with E-state index in [1.807, 2.05) is 0 Å². The monoisotopic (exact) mass is 144 g/mol. The molecule has 1 heterocycles. The molecule has 1 aliphatic heterocycles. The standard InChI is InChI=1S/C6H12N2O2/c9-6(10)8-4-1-2-7-3-5-8/h7H,1-5H2,(H,9,10). The molecule has 0 radical (unpaired) electrons. The van der Waals surface area contributed by atoms with Crippen molar-refractivity contribution in [2.24, 2.45) is 0 Å². The van der Waals surface area contributed by atoms with Gasteiger partial charge in [-0.15, -0.1) is 0 Å². The largest absolute Gasteiger partial charge is 0.465 e. The van der Waals surface area contributed by atoms with Crippen molar-refractivity contribution in [2.45, 2.75) is 6.42 Å². The summed E-state index contributed by atoms with van der Waals surface area (Å²) < 4.78 is 0. The lowest BCUT2D eigenvalue weighted by molar-refractivity contribution is 0.148. The van der Waals surface area contributed by atoms with Crippen molar-refractivity contribution in [1.29, 1.82) is 0 Å². The summed E-state index contributed by atoms with van der Waals surface area (Å²) in [6.45, 7) is 3.01. The molecule has 1 saturated heterocycles. The molecular formula is C6H12N2O2. The number of carbonyl (C=O) groups is 1. The van der Waals surface area contributed by atoms with Crippen LogP contribution in [0.2, 0.25) is 0 Å². The molecule has 1 rings (SSSR count). The van der Waals surface area contributed by atoms with Gasteiger partial charge in [-0.2, -0.15) is 0 Å². The second-order valence-electron chi connectivity index (χ2n) is 2.37. The van der Waals surface area contributed by atoms with Crippen LogP contribution in [0.4, 0.5) is 4.79 Å². The second kappa shape index (κ2) is 3.41. The summed E-state index contributed by atoms with van der Waals surface area (Å²) in [5, 5.41) is 11.7. The van der Waals surface area contributed by atoms with E-state index in [4.69, 9.17) is 5.11 Å². The lowest BCUT2D eigenvalue weighted by Crippen LogP contribution is -2.32. The molecule has 58 valence electrons. The third-order valence-corrected chi connectivity index (χ3v) is 1.61. The van der Waals surface area contributed by atoms with E-state index in [1.165, 1.54) is 4.90 Å². The first kappa shape index (κ1) is 7.34. The van der Waals surface area contributed by atoms with Gasteiger partial charge in [0.1, 0.15) is 0 Å². The number of rotatable bonds is 0. The fourth-order valence-electron chi connectivity index (χ4n) is 1.04. The van der Waals surface area contributed by atoms with Gasteiger partial charge in [0, 0.05) is 19.6 Å². The predicted molar refractivity (Wildman–Crippen MR) is 37.1 cm³/mol. The lowest BCUT2D eigenvalue weighted by atomic mass is 10.4. The van der Waals surface area contributed by atoms with Gasteiger partial charge in [0.2, 0.25) is 0 Å². The topological polar surface area (TPSA) is 52.6 Å². The Morgan fingerprint density at radius 3 is 2.90 bits per heavy atom. The van der Waals surface area contributed by atoms with E-state index >= 15 is 0 Å². The molecule has 0 saturated carbocycles. The molecule has 0 aromatic heterocycles. The van der Waals surface area contributed by atoms with Crippen molar-refractivity contribution in [3.8, 4) is 0 Å². The average molecular weight is 144 g/mol. The molecule has 1 fully saturated rings. The lowest BCUT2D eigenvalue weighted by Gasteiger charge is -2.14. The van der Waals surface area contributed by atoms with E-state index in [0.29, 0.717) is 13.1 Å². The molecule has 0 unspecified atom stereocenters. The smallest absolute Gasteiger partial charge is 0.407 e. The number of nitrogens with zero attached hydrogens (tertiary/aromatic N) is 1. The van der Waals surface area contributed by atoms with Gasteiger partial charge < -0.3 is 15.3 Å². The SMILES string of the molecule is O=C(O)N1CCCNCC1. The third-order valence-electron chi connectivity index (χ3n) is 1.61. The maximum absolute atomic E-state index is 10.4. The molecule has 0 bridgehead atoms. The zero-order valence-electron chi connectivity index (χ0n) is 5.84. The van der Waals surface area contributed by atoms with E-state index in [1.54, 1.807) is 0 Å². The summed E-state index contributed by atoms with van der Waals surface area (Å²) in [7, 11) is 0. The van der Waals surface area contributed by atoms with Gasteiger partial charge in [-0.25, -0.2) is 4.79 Å². The van der Waals surface area contributed by atoms with Crippen LogP contribution in [0.3, 0.4) is 0 Å². The van der Waals surface area contributed by atoms with Crippen LogP contribution < -0.4 is 5.32 Å². The Bertz CT molecular complexity index is 119. The number of hydrogen-bond donors (Lipinski definition) is 2. The van der Waals surface area contributed by atoms with Gasteiger partial charge in [-0.05, 0) is 13.0 Å². The Hall–Kier alpha value is -0.770. The van der Waals surface area contributed by atoms with Crippen molar-refractivity contribution in [3.63, 3.8) is 0 Å². The highest BCUT2D eigenvalue weighted by atomic mass is 16.4. The summed E-state index contributed by atoms with van der Waals surface area (Å²) in [5.41, 5.74) is 0. The zero-order chi connectivity index (χ0) is 7.40. The number of hydrogen-bond acceptors (Lipinski definition) is 2. The van der Waals surface area contributed by atoms with E-state index in [-0.39, 0.29) is 0 Å². The maximum Gasteiger partial charge on any atom is 0.407 e. The highest BCUT2D eigenvalue weighted by Gasteiger charge is 2.12. The summed E-state index contributed by atoms with van der Waals surface area (Å²) in [5.74, 6) is 0. The molecular weight excluding hydrogens is 132 g/mol. The van der Waals surface area contributed by atoms with E-state index in [2.05, 4.69) is 5.32 Å². The molecule has 0 aromatic rings. The fourth-order valence-corrected chi connectivity index (χ4v) is 1.04. The van der Waals surface area contributed by atoms with Gasteiger partial charge in [-0.1, -0.05) is 0 Å². The molecule has 1 amide bonds. The summed E-state index contributed by atoms with van der Waals surface area (Å²) in [6, 6.07) is 0. The first-order valence-corrected chi connectivity index (χ1v) is 3.49. The minimum absolute atomic E-state index is 0.620. The molecule has 4 heteroatoms. The van der Waals surface area contributed by atoms with Crippen molar-refractivity contribution < 1.29 is 9.90 Å². The zero-order valence-corrected chi connectivity index (χ0v) is 5.84. The average Bonchev–Trinajstić information content (AvgIpc) is 2.12. The Balaban J connectivity index is 2.35. The van der Waals surface area contributed by atoms with Gasteiger partial charge >= 0.3 is 6.09 Å². The first-order valence-electron chi connectivity index (χ1n) is 3.49. The van der Waals surface area contributed by atoms with Crippen LogP contribution >= 0.6 is 0 Å². The molecule has 0 spiro atoms. The van der Waals surface area contributed by atoms with Gasteiger partial charge in [-0.3, -0.25) is 0 Å². The highest BCUT2D eigenvalue weighted by Crippen LogP contribution is 1.94. The third kappa shape index (κ3) is 1.88. The van der Waals surface area contributed by atoms with Crippen molar-refractivity contribution in [2.75, 3.05) is 26.2 Å². The molecule has 0 atom stereocenters. The minimum Gasteiger partial charge on any atom is -0.465 e. The normalized spacial score (nSPS) is 20.2. The molecule has 4 nitrogen and oxygen atoms in total. The van der Waals surface area contributed by atoms with Crippen LogP contribution in [-0.4, -0.2) is 42.3 Å². The van der Waals surface area contributed by atoms with Gasteiger partial charge in [0.25, 0.3) is 0 Å². The van der Waals surface area contributed by atoms with E-state index in [9.17, 15) is 4.79 Å². The highest BCUT2D eigenvalue weighted by molar-refractivity contribution is 5.64. The summed E-state index contributed by atoms with van der Waals surface area (Å²) >= 11 is 0. The number of carboxylic acid groups (broad SMARTS) is 1. The number of amides is 1. The Morgan fingerprint density at radius 1 is 1.40 bits per heavy atom. The summed E-state index contributed by atoms with van der Waals surface area (Å²) in [6.07, 6.45) is 0.121. The molecule has 0 aliphatic carbocycles. The van der Waals surface area contributed by atoms with Crippen molar-refractivity contribution >= 4 is 6.09 Å². The number of nitrogens with one attached hydrogen (secondary N) is 1. The Labute approximate surface area is 59.8 Å². The van der Waals surface area contributed by atoms with Crippen molar-refractivity contribution in [3.05, 3.63) is 0 Å². The van der Waals surface area contributed by atoms with Crippen LogP contribution in [0.5, 0.6) is 0 Å². The van der Waals surface area contributed by atoms with Crippen LogP contribution in [0.25, 0.3) is 0 Å². The van der Waals surface area contributed by atoms with Crippen LogP contribution in [0.15, 0.2) is 0 Å². The minimum atomic E-state index is -0.802.